The van der Waals surface area contributed by atoms with E-state index < -0.39 is 0 Å². The van der Waals surface area contributed by atoms with Crippen LogP contribution < -0.4 is 5.32 Å². The van der Waals surface area contributed by atoms with Gasteiger partial charge in [0.15, 0.2) is 0 Å². The predicted octanol–water partition coefficient (Wildman–Crippen LogP) is 2.73. The van der Waals surface area contributed by atoms with Crippen molar-refractivity contribution in [2.75, 3.05) is 13.1 Å². The number of imidazole rings is 1. The fourth-order valence-corrected chi connectivity index (χ4v) is 2.22. The first-order valence-corrected chi connectivity index (χ1v) is 6.15. The maximum absolute atomic E-state index is 5.88. The van der Waals surface area contributed by atoms with Crippen molar-refractivity contribution in [1.29, 1.82) is 0 Å². The highest BCUT2D eigenvalue weighted by Gasteiger charge is 2.24. The maximum atomic E-state index is 5.88. The number of H-pyrrole nitrogens is 1. The van der Waals surface area contributed by atoms with Crippen LogP contribution in [0.3, 0.4) is 0 Å². The lowest BCUT2D eigenvalue weighted by atomic mass is 9.98. The summed E-state index contributed by atoms with van der Waals surface area (Å²) in [5.41, 5.74) is 3.44. The number of rotatable bonds is 2. The predicted molar refractivity (Wildman–Crippen MR) is 69.4 cm³/mol. The SMILES string of the molecule is Cc1[nH]c(-c2ccc(Cl)cc2)nc1C1CNC1. The molecule has 17 heavy (non-hydrogen) atoms. The zero-order valence-corrected chi connectivity index (χ0v) is 10.4. The molecule has 0 unspecified atom stereocenters. The van der Waals surface area contributed by atoms with Crippen LogP contribution in [0.25, 0.3) is 11.4 Å². The van der Waals surface area contributed by atoms with Crippen molar-refractivity contribution in [3.63, 3.8) is 0 Å². The lowest BCUT2D eigenvalue weighted by molar-refractivity contribution is 0.439. The minimum absolute atomic E-state index is 0.562. The molecule has 2 heterocycles. The second kappa shape index (κ2) is 4.17. The van der Waals surface area contributed by atoms with Gasteiger partial charge in [0.1, 0.15) is 5.82 Å². The third kappa shape index (κ3) is 1.96. The summed E-state index contributed by atoms with van der Waals surface area (Å²) in [6, 6.07) is 7.76. The molecule has 0 atom stereocenters. The topological polar surface area (TPSA) is 40.7 Å². The minimum Gasteiger partial charge on any atom is -0.342 e. The number of benzene rings is 1. The van der Waals surface area contributed by atoms with Crippen LogP contribution in [-0.4, -0.2) is 23.1 Å². The molecule has 2 N–H and O–H groups in total. The average molecular weight is 248 g/mol. The lowest BCUT2D eigenvalue weighted by Crippen LogP contribution is -2.40. The number of nitrogens with zero attached hydrogens (tertiary/aromatic N) is 1. The summed E-state index contributed by atoms with van der Waals surface area (Å²) < 4.78 is 0. The van der Waals surface area contributed by atoms with Crippen molar-refractivity contribution >= 4 is 11.6 Å². The molecule has 0 spiro atoms. The molecule has 0 saturated carbocycles. The zero-order chi connectivity index (χ0) is 11.8. The van der Waals surface area contributed by atoms with Gasteiger partial charge in [-0.1, -0.05) is 11.6 Å². The van der Waals surface area contributed by atoms with Crippen LogP contribution >= 0.6 is 11.6 Å². The normalized spacial score (nSPS) is 15.9. The Hall–Kier alpha value is -1.32. The van der Waals surface area contributed by atoms with E-state index in [4.69, 9.17) is 16.6 Å². The smallest absolute Gasteiger partial charge is 0.137 e. The fraction of sp³-hybridized carbons (Fsp3) is 0.308. The summed E-state index contributed by atoms with van der Waals surface area (Å²) in [6.45, 7) is 4.15. The highest BCUT2D eigenvalue weighted by molar-refractivity contribution is 6.30. The van der Waals surface area contributed by atoms with Gasteiger partial charge >= 0.3 is 0 Å². The molecule has 1 fully saturated rings. The molecule has 1 saturated heterocycles. The second-order valence-corrected chi connectivity index (χ2v) is 4.89. The van der Waals surface area contributed by atoms with E-state index in [0.29, 0.717) is 5.92 Å². The van der Waals surface area contributed by atoms with Gasteiger partial charge in [0.2, 0.25) is 0 Å². The highest BCUT2D eigenvalue weighted by atomic mass is 35.5. The summed E-state index contributed by atoms with van der Waals surface area (Å²) in [5.74, 6) is 1.49. The van der Waals surface area contributed by atoms with E-state index in [1.165, 1.54) is 11.4 Å². The van der Waals surface area contributed by atoms with Crippen LogP contribution in [0.1, 0.15) is 17.3 Å². The summed E-state index contributed by atoms with van der Waals surface area (Å²) in [6.07, 6.45) is 0. The Morgan fingerprint density at radius 3 is 2.53 bits per heavy atom. The number of hydrogen-bond acceptors (Lipinski definition) is 2. The van der Waals surface area contributed by atoms with Gasteiger partial charge in [-0.25, -0.2) is 4.98 Å². The molecule has 1 aliphatic rings. The third-order valence-electron chi connectivity index (χ3n) is 3.21. The van der Waals surface area contributed by atoms with Gasteiger partial charge in [-0.15, -0.1) is 0 Å². The molecule has 4 heteroatoms. The summed E-state index contributed by atoms with van der Waals surface area (Å²) in [4.78, 5) is 8.04. The largest absolute Gasteiger partial charge is 0.342 e. The van der Waals surface area contributed by atoms with Crippen molar-refractivity contribution in [3.05, 3.63) is 40.7 Å². The van der Waals surface area contributed by atoms with Crippen LogP contribution in [0.4, 0.5) is 0 Å². The van der Waals surface area contributed by atoms with Gasteiger partial charge in [-0.05, 0) is 31.2 Å². The molecule has 1 aromatic carbocycles. The molecule has 1 aromatic heterocycles. The Kier molecular flexibility index (Phi) is 2.65. The lowest BCUT2D eigenvalue weighted by Gasteiger charge is -2.25. The molecule has 0 aliphatic carbocycles. The number of halogens is 1. The van der Waals surface area contributed by atoms with Crippen molar-refractivity contribution < 1.29 is 0 Å². The maximum Gasteiger partial charge on any atom is 0.137 e. The molecule has 2 aromatic rings. The van der Waals surface area contributed by atoms with Crippen LogP contribution in [0.15, 0.2) is 24.3 Å². The first kappa shape index (κ1) is 10.8. The van der Waals surface area contributed by atoms with Crippen molar-refractivity contribution in [2.24, 2.45) is 0 Å². The van der Waals surface area contributed by atoms with Gasteiger partial charge in [-0.3, -0.25) is 0 Å². The summed E-state index contributed by atoms with van der Waals surface area (Å²) >= 11 is 5.88. The summed E-state index contributed by atoms with van der Waals surface area (Å²) in [5, 5.41) is 4.02. The first-order chi connectivity index (χ1) is 8.24. The molecule has 88 valence electrons. The number of aromatic amines is 1. The number of nitrogens with one attached hydrogen (secondary N) is 2. The zero-order valence-electron chi connectivity index (χ0n) is 9.63. The molecule has 1 aliphatic heterocycles. The fourth-order valence-electron chi connectivity index (χ4n) is 2.10. The summed E-state index contributed by atoms with van der Waals surface area (Å²) in [7, 11) is 0. The van der Waals surface area contributed by atoms with Gasteiger partial charge < -0.3 is 10.3 Å². The van der Waals surface area contributed by atoms with E-state index in [1.807, 2.05) is 24.3 Å². The Bertz CT molecular complexity index is 526. The highest BCUT2D eigenvalue weighted by Crippen LogP contribution is 2.25. The Morgan fingerprint density at radius 2 is 1.94 bits per heavy atom. The molecule has 3 rings (SSSR count). The van der Waals surface area contributed by atoms with Gasteiger partial charge in [0, 0.05) is 35.3 Å². The first-order valence-electron chi connectivity index (χ1n) is 5.77. The number of aryl methyl sites for hydroxylation is 1. The van der Waals surface area contributed by atoms with E-state index >= 15 is 0 Å². The van der Waals surface area contributed by atoms with Gasteiger partial charge in [0.05, 0.1) is 5.69 Å². The van der Waals surface area contributed by atoms with Crippen LogP contribution in [0, 0.1) is 6.92 Å². The van der Waals surface area contributed by atoms with Gasteiger partial charge in [-0.2, -0.15) is 0 Å². The standard InChI is InChI=1S/C13H14ClN3/c1-8-12(10-6-15-7-10)17-13(16-8)9-2-4-11(14)5-3-9/h2-5,10,15H,6-7H2,1H3,(H,16,17). The monoisotopic (exact) mass is 247 g/mol. The molecule has 3 nitrogen and oxygen atoms in total. The quantitative estimate of drug-likeness (QED) is 0.857. The minimum atomic E-state index is 0.562. The van der Waals surface area contributed by atoms with E-state index in [9.17, 15) is 0 Å². The number of aromatic nitrogens is 2. The van der Waals surface area contributed by atoms with E-state index in [2.05, 4.69) is 17.2 Å². The van der Waals surface area contributed by atoms with E-state index in [1.54, 1.807) is 0 Å². The van der Waals surface area contributed by atoms with Crippen LogP contribution in [-0.2, 0) is 0 Å². The Morgan fingerprint density at radius 1 is 1.24 bits per heavy atom. The third-order valence-corrected chi connectivity index (χ3v) is 3.46. The molecule has 0 bridgehead atoms. The van der Waals surface area contributed by atoms with Crippen LogP contribution in [0.2, 0.25) is 5.02 Å². The van der Waals surface area contributed by atoms with Crippen molar-refractivity contribution in [1.82, 2.24) is 15.3 Å². The average Bonchev–Trinajstić information content (AvgIpc) is 2.60. The number of hydrogen-bond donors (Lipinski definition) is 2. The van der Waals surface area contributed by atoms with Gasteiger partial charge in [0.25, 0.3) is 0 Å². The molecule has 0 amide bonds. The van der Waals surface area contributed by atoms with E-state index in [0.717, 1.165) is 29.5 Å². The second-order valence-electron chi connectivity index (χ2n) is 4.46. The molecular weight excluding hydrogens is 234 g/mol. The molecule has 0 radical (unpaired) electrons. The van der Waals surface area contributed by atoms with Crippen LogP contribution in [0.5, 0.6) is 0 Å². The van der Waals surface area contributed by atoms with Crippen molar-refractivity contribution in [3.8, 4) is 11.4 Å². The Labute approximate surface area is 105 Å². The Balaban J connectivity index is 1.95. The van der Waals surface area contributed by atoms with E-state index in [-0.39, 0.29) is 0 Å². The molecular formula is C13H14ClN3. The van der Waals surface area contributed by atoms with Crippen molar-refractivity contribution in [2.45, 2.75) is 12.8 Å².